The normalized spacial score (nSPS) is 39.2. The van der Waals surface area contributed by atoms with Gasteiger partial charge in [-0.3, -0.25) is 4.90 Å². The van der Waals surface area contributed by atoms with Crippen LogP contribution in [0.3, 0.4) is 0 Å². The monoisotopic (exact) mass is 270 g/mol. The molecule has 2 fully saturated rings. The van der Waals surface area contributed by atoms with Crippen LogP contribution >= 0.6 is 11.8 Å². The molecule has 1 saturated heterocycles. The van der Waals surface area contributed by atoms with Gasteiger partial charge in [0.15, 0.2) is 0 Å². The van der Waals surface area contributed by atoms with Crippen molar-refractivity contribution in [2.75, 3.05) is 24.6 Å². The third kappa shape index (κ3) is 2.88. The lowest BCUT2D eigenvalue weighted by Gasteiger charge is -2.52. The van der Waals surface area contributed by atoms with Crippen molar-refractivity contribution in [3.8, 4) is 0 Å². The van der Waals surface area contributed by atoms with Crippen molar-refractivity contribution in [3.63, 3.8) is 0 Å². The molecule has 1 atom stereocenters. The van der Waals surface area contributed by atoms with Crippen LogP contribution in [0.4, 0.5) is 0 Å². The summed E-state index contributed by atoms with van der Waals surface area (Å²) in [5.41, 5.74) is 6.53. The lowest BCUT2D eigenvalue weighted by molar-refractivity contribution is 0.0160. The Bertz CT molecular complexity index is 259. The van der Waals surface area contributed by atoms with E-state index >= 15 is 0 Å². The molecule has 1 aliphatic carbocycles. The second-order valence-electron chi connectivity index (χ2n) is 6.63. The summed E-state index contributed by atoms with van der Waals surface area (Å²) in [6, 6.07) is 0.711. The average Bonchev–Trinajstić information content (AvgIpc) is 2.39. The van der Waals surface area contributed by atoms with Gasteiger partial charge in [0.25, 0.3) is 0 Å². The highest BCUT2D eigenvalue weighted by Gasteiger charge is 2.42. The smallest absolute Gasteiger partial charge is 0.0335 e. The molecule has 0 spiro atoms. The van der Waals surface area contributed by atoms with Gasteiger partial charge >= 0.3 is 0 Å². The molecule has 2 N–H and O–H groups in total. The van der Waals surface area contributed by atoms with Crippen LogP contribution in [-0.2, 0) is 0 Å². The molecule has 1 unspecified atom stereocenters. The first-order valence-corrected chi connectivity index (χ1v) is 8.79. The Morgan fingerprint density at radius 2 is 2.00 bits per heavy atom. The van der Waals surface area contributed by atoms with E-state index in [1.807, 2.05) is 0 Å². The Balaban J connectivity index is 2.03. The molecule has 1 heterocycles. The van der Waals surface area contributed by atoms with E-state index in [-0.39, 0.29) is 0 Å². The third-order valence-corrected chi connectivity index (χ3v) is 6.45. The molecule has 0 aromatic rings. The minimum absolute atomic E-state index is 0.325. The topological polar surface area (TPSA) is 29.3 Å². The number of rotatable bonds is 3. The zero-order valence-electron chi connectivity index (χ0n) is 12.3. The average molecular weight is 270 g/mol. The van der Waals surface area contributed by atoms with E-state index in [0.717, 1.165) is 18.4 Å². The van der Waals surface area contributed by atoms with Gasteiger partial charge in [0, 0.05) is 36.2 Å². The van der Waals surface area contributed by atoms with Gasteiger partial charge in [0.05, 0.1) is 0 Å². The molecule has 3 heteroatoms. The van der Waals surface area contributed by atoms with E-state index in [4.69, 9.17) is 5.73 Å². The largest absolute Gasteiger partial charge is 0.329 e. The molecule has 0 aromatic heterocycles. The second kappa shape index (κ2) is 6.15. The molecule has 2 rings (SSSR count). The quantitative estimate of drug-likeness (QED) is 0.855. The number of thioether (sulfide) groups is 1. The maximum atomic E-state index is 6.20. The van der Waals surface area contributed by atoms with E-state index in [1.165, 1.54) is 43.7 Å². The van der Waals surface area contributed by atoms with Gasteiger partial charge in [-0.15, -0.1) is 0 Å². The van der Waals surface area contributed by atoms with E-state index in [2.05, 4.69) is 37.4 Å². The highest BCUT2D eigenvalue weighted by molar-refractivity contribution is 7.99. The Kier molecular flexibility index (Phi) is 5.01. The Hall–Kier alpha value is 0.270. The van der Waals surface area contributed by atoms with Crippen molar-refractivity contribution in [1.82, 2.24) is 4.90 Å². The van der Waals surface area contributed by atoms with Gasteiger partial charge < -0.3 is 5.73 Å². The summed E-state index contributed by atoms with van der Waals surface area (Å²) in [4.78, 5) is 2.75. The minimum atomic E-state index is 0.325. The van der Waals surface area contributed by atoms with Gasteiger partial charge in [-0.2, -0.15) is 11.8 Å². The fourth-order valence-corrected chi connectivity index (χ4v) is 4.90. The first kappa shape index (κ1) is 14.7. The molecular weight excluding hydrogens is 240 g/mol. The van der Waals surface area contributed by atoms with Gasteiger partial charge in [-0.25, -0.2) is 0 Å². The lowest BCUT2D eigenvalue weighted by Crippen LogP contribution is -2.61. The van der Waals surface area contributed by atoms with Crippen LogP contribution in [0.15, 0.2) is 0 Å². The molecule has 2 aliphatic rings. The minimum Gasteiger partial charge on any atom is -0.329 e. The Morgan fingerprint density at radius 1 is 1.33 bits per heavy atom. The van der Waals surface area contributed by atoms with E-state index in [9.17, 15) is 0 Å². The highest BCUT2D eigenvalue weighted by Crippen LogP contribution is 2.40. The molecule has 18 heavy (non-hydrogen) atoms. The molecule has 0 bridgehead atoms. The standard InChI is InChI=1S/C15H30N2S/c1-12(2)14-4-6-15(11-16,7-5-14)17-8-9-18-10-13(17)3/h12-14H,4-11,16H2,1-3H3. The predicted octanol–water partition coefficient (Wildman–Crippen LogP) is 2.97. The van der Waals surface area contributed by atoms with Crippen molar-refractivity contribution in [2.24, 2.45) is 17.6 Å². The molecule has 1 aliphatic heterocycles. The molecular formula is C15H30N2S. The van der Waals surface area contributed by atoms with E-state index in [0.29, 0.717) is 11.6 Å². The van der Waals surface area contributed by atoms with Gasteiger partial charge in [-0.05, 0) is 44.4 Å². The van der Waals surface area contributed by atoms with Gasteiger partial charge in [0.2, 0.25) is 0 Å². The van der Waals surface area contributed by atoms with Crippen LogP contribution in [0.1, 0.15) is 46.5 Å². The van der Waals surface area contributed by atoms with Crippen LogP contribution in [0, 0.1) is 11.8 Å². The second-order valence-corrected chi connectivity index (χ2v) is 7.78. The maximum Gasteiger partial charge on any atom is 0.0335 e. The number of nitrogens with two attached hydrogens (primary N) is 1. The van der Waals surface area contributed by atoms with Crippen LogP contribution in [0.5, 0.6) is 0 Å². The Morgan fingerprint density at radius 3 is 2.50 bits per heavy atom. The summed E-state index contributed by atoms with van der Waals surface area (Å²) >= 11 is 2.10. The van der Waals surface area contributed by atoms with Crippen molar-refractivity contribution in [3.05, 3.63) is 0 Å². The zero-order valence-corrected chi connectivity index (χ0v) is 13.1. The summed E-state index contributed by atoms with van der Waals surface area (Å²) in [6.07, 6.45) is 5.40. The predicted molar refractivity (Wildman–Crippen MR) is 82.1 cm³/mol. The van der Waals surface area contributed by atoms with Crippen molar-refractivity contribution in [2.45, 2.75) is 58.0 Å². The molecule has 0 aromatic carbocycles. The van der Waals surface area contributed by atoms with Gasteiger partial charge in [-0.1, -0.05) is 13.8 Å². The third-order valence-electron chi connectivity index (χ3n) is 5.26. The number of nitrogens with zero attached hydrogens (tertiary/aromatic N) is 1. The SMILES string of the molecule is CC(C)C1CCC(CN)(N2CCSCC2C)CC1. The van der Waals surface area contributed by atoms with Crippen molar-refractivity contribution < 1.29 is 0 Å². The molecule has 0 amide bonds. The number of hydrogen-bond donors (Lipinski definition) is 1. The summed E-state index contributed by atoms with van der Waals surface area (Å²) in [5.74, 6) is 4.35. The fraction of sp³-hybridized carbons (Fsp3) is 1.00. The summed E-state index contributed by atoms with van der Waals surface area (Å²) in [6.45, 7) is 9.24. The first-order chi connectivity index (χ1) is 8.59. The van der Waals surface area contributed by atoms with Crippen LogP contribution < -0.4 is 5.73 Å². The van der Waals surface area contributed by atoms with Crippen LogP contribution in [-0.4, -0.2) is 41.1 Å². The summed E-state index contributed by atoms with van der Waals surface area (Å²) in [7, 11) is 0. The number of hydrogen-bond acceptors (Lipinski definition) is 3. The maximum absolute atomic E-state index is 6.20. The Labute approximate surface area is 117 Å². The van der Waals surface area contributed by atoms with Gasteiger partial charge in [0.1, 0.15) is 0 Å². The molecule has 1 saturated carbocycles. The summed E-state index contributed by atoms with van der Waals surface area (Å²) in [5, 5.41) is 0. The zero-order chi connectivity index (χ0) is 13.2. The van der Waals surface area contributed by atoms with Crippen molar-refractivity contribution >= 4 is 11.8 Å². The van der Waals surface area contributed by atoms with E-state index < -0.39 is 0 Å². The van der Waals surface area contributed by atoms with E-state index in [1.54, 1.807) is 0 Å². The molecule has 0 radical (unpaired) electrons. The van der Waals surface area contributed by atoms with Crippen LogP contribution in [0.2, 0.25) is 0 Å². The van der Waals surface area contributed by atoms with Crippen molar-refractivity contribution in [1.29, 1.82) is 0 Å². The highest BCUT2D eigenvalue weighted by atomic mass is 32.2. The first-order valence-electron chi connectivity index (χ1n) is 7.63. The fourth-order valence-electron chi connectivity index (χ4n) is 3.88. The molecule has 2 nitrogen and oxygen atoms in total. The molecule has 106 valence electrons. The van der Waals surface area contributed by atoms with Crippen LogP contribution in [0.25, 0.3) is 0 Å². The summed E-state index contributed by atoms with van der Waals surface area (Å²) < 4.78 is 0. The lowest BCUT2D eigenvalue weighted by atomic mass is 9.71.